The van der Waals surface area contributed by atoms with Crippen LogP contribution in [0.5, 0.6) is 0 Å². The van der Waals surface area contributed by atoms with Crippen molar-refractivity contribution in [3.05, 3.63) is 0 Å². The number of carbonyl (C=O) groups is 2. The fraction of sp³-hybridized carbons (Fsp3) is 0.800. The van der Waals surface area contributed by atoms with Crippen molar-refractivity contribution < 1.29 is 19.8 Å². The zero-order valence-electron chi connectivity index (χ0n) is 9.51. The largest absolute Gasteiger partial charge is 0.480 e. The van der Waals surface area contributed by atoms with Crippen molar-refractivity contribution in [1.29, 1.82) is 0 Å². The van der Waals surface area contributed by atoms with E-state index in [4.69, 9.17) is 5.11 Å². The van der Waals surface area contributed by atoms with Crippen molar-refractivity contribution in [2.75, 3.05) is 20.1 Å². The van der Waals surface area contributed by atoms with E-state index in [2.05, 4.69) is 5.32 Å². The molecule has 1 heterocycles. The van der Waals surface area contributed by atoms with Crippen LogP contribution in [0.3, 0.4) is 0 Å². The molecule has 16 heavy (non-hydrogen) atoms. The van der Waals surface area contributed by atoms with E-state index in [0.717, 1.165) is 0 Å². The highest BCUT2D eigenvalue weighted by Crippen LogP contribution is 2.20. The van der Waals surface area contributed by atoms with E-state index in [1.807, 2.05) is 0 Å². The molecule has 1 unspecified atom stereocenters. The van der Waals surface area contributed by atoms with Crippen LogP contribution in [0.2, 0.25) is 0 Å². The van der Waals surface area contributed by atoms with Crippen molar-refractivity contribution >= 4 is 11.9 Å². The van der Waals surface area contributed by atoms with Gasteiger partial charge in [0, 0.05) is 25.4 Å². The molecular formula is C10H18N2O4. The number of hydrogen-bond acceptors (Lipinski definition) is 4. The first kappa shape index (κ1) is 12.9. The third kappa shape index (κ3) is 2.70. The van der Waals surface area contributed by atoms with Gasteiger partial charge in [-0.1, -0.05) is 6.92 Å². The molecule has 3 atom stereocenters. The fourth-order valence-electron chi connectivity index (χ4n) is 1.97. The second kappa shape index (κ2) is 5.27. The summed E-state index contributed by atoms with van der Waals surface area (Å²) in [4.78, 5) is 24.1. The van der Waals surface area contributed by atoms with Crippen LogP contribution in [-0.2, 0) is 9.59 Å². The Morgan fingerprint density at radius 2 is 2.19 bits per heavy atom. The van der Waals surface area contributed by atoms with Crippen LogP contribution in [0.4, 0.5) is 0 Å². The lowest BCUT2D eigenvalue weighted by atomic mass is 10.1. The summed E-state index contributed by atoms with van der Waals surface area (Å²) in [6, 6.07) is -0.887. The van der Waals surface area contributed by atoms with Gasteiger partial charge in [-0.2, -0.15) is 0 Å². The second-order valence-corrected chi connectivity index (χ2v) is 4.19. The molecule has 0 aromatic carbocycles. The number of hydrogen-bond donors (Lipinski definition) is 3. The van der Waals surface area contributed by atoms with Crippen LogP contribution < -0.4 is 5.32 Å². The van der Waals surface area contributed by atoms with Gasteiger partial charge >= 0.3 is 5.97 Å². The highest BCUT2D eigenvalue weighted by molar-refractivity contribution is 5.85. The minimum atomic E-state index is -1.05. The molecule has 0 aromatic rings. The Balaban J connectivity index is 2.70. The topological polar surface area (TPSA) is 89.9 Å². The third-order valence-corrected chi connectivity index (χ3v) is 2.78. The summed E-state index contributed by atoms with van der Waals surface area (Å²) < 4.78 is 0. The Hall–Kier alpha value is -1.14. The number of amides is 1. The molecule has 0 aromatic heterocycles. The van der Waals surface area contributed by atoms with E-state index in [-0.39, 0.29) is 24.8 Å². The van der Waals surface area contributed by atoms with E-state index in [1.165, 1.54) is 4.90 Å². The quantitative estimate of drug-likeness (QED) is 0.569. The van der Waals surface area contributed by atoms with Gasteiger partial charge in [0.05, 0.1) is 6.10 Å². The van der Waals surface area contributed by atoms with Gasteiger partial charge in [-0.3, -0.25) is 4.79 Å². The first-order valence-electron chi connectivity index (χ1n) is 5.33. The molecular weight excluding hydrogens is 212 g/mol. The Bertz CT molecular complexity index is 282. The predicted molar refractivity (Wildman–Crippen MR) is 56.9 cm³/mol. The molecule has 92 valence electrons. The van der Waals surface area contributed by atoms with Crippen LogP contribution in [0.15, 0.2) is 0 Å². The Morgan fingerprint density at radius 1 is 1.56 bits per heavy atom. The van der Waals surface area contributed by atoms with Gasteiger partial charge in [0.1, 0.15) is 6.04 Å². The van der Waals surface area contributed by atoms with E-state index in [1.54, 1.807) is 14.0 Å². The molecule has 0 spiro atoms. The number of β-amino-alcohol motifs (C(OH)–C–C–N with tert-alkyl or cyclic N) is 1. The van der Waals surface area contributed by atoms with Crippen LogP contribution in [0.25, 0.3) is 0 Å². The predicted octanol–water partition coefficient (Wildman–Crippen LogP) is -1.11. The lowest BCUT2D eigenvalue weighted by Crippen LogP contribution is -2.44. The third-order valence-electron chi connectivity index (χ3n) is 2.78. The number of aliphatic hydroxyl groups excluding tert-OH is 1. The maximum atomic E-state index is 11.9. The maximum absolute atomic E-state index is 11.9. The first-order valence-corrected chi connectivity index (χ1v) is 5.33. The minimum Gasteiger partial charge on any atom is -0.480 e. The lowest BCUT2D eigenvalue weighted by Gasteiger charge is -2.24. The molecule has 1 fully saturated rings. The molecule has 1 amide bonds. The van der Waals surface area contributed by atoms with Crippen LogP contribution in [0.1, 0.15) is 13.3 Å². The van der Waals surface area contributed by atoms with Crippen LogP contribution >= 0.6 is 0 Å². The van der Waals surface area contributed by atoms with Crippen LogP contribution in [0, 0.1) is 5.92 Å². The number of carbonyl (C=O) groups excluding carboxylic acids is 1. The summed E-state index contributed by atoms with van der Waals surface area (Å²) in [5.74, 6) is -1.56. The van der Waals surface area contributed by atoms with Gasteiger partial charge in [-0.15, -0.1) is 0 Å². The number of aliphatic hydroxyl groups is 1. The molecule has 6 nitrogen and oxygen atoms in total. The average molecular weight is 230 g/mol. The highest BCUT2D eigenvalue weighted by atomic mass is 16.4. The molecule has 1 aliphatic rings. The summed E-state index contributed by atoms with van der Waals surface area (Å²) in [5, 5.41) is 21.2. The minimum absolute atomic E-state index is 0.115. The number of carboxylic acid groups (broad SMARTS) is 1. The number of rotatable bonds is 4. The molecule has 0 bridgehead atoms. The molecule has 3 N–H and O–H groups in total. The van der Waals surface area contributed by atoms with Gasteiger partial charge in [-0.25, -0.2) is 4.79 Å². The normalized spacial score (nSPS) is 26.8. The SMILES string of the molecule is CNCC(C)C(=O)N1C[C@H](O)C[C@H]1C(=O)O. The fourth-order valence-corrected chi connectivity index (χ4v) is 1.97. The molecule has 0 saturated carbocycles. The molecule has 0 aliphatic carbocycles. The van der Waals surface area contributed by atoms with Gasteiger partial charge in [0.25, 0.3) is 0 Å². The standard InChI is InChI=1S/C10H18N2O4/c1-6(4-11-2)9(14)12-5-7(13)3-8(12)10(15)16/h6-8,11,13H,3-5H2,1-2H3,(H,15,16)/t6?,7-,8+/m1/s1. The zero-order valence-corrected chi connectivity index (χ0v) is 9.51. The van der Waals surface area contributed by atoms with Crippen molar-refractivity contribution in [2.24, 2.45) is 5.92 Å². The Labute approximate surface area is 94.2 Å². The van der Waals surface area contributed by atoms with Gasteiger partial charge in [0.15, 0.2) is 0 Å². The van der Waals surface area contributed by atoms with E-state index in [9.17, 15) is 14.7 Å². The van der Waals surface area contributed by atoms with Crippen molar-refractivity contribution in [1.82, 2.24) is 10.2 Å². The maximum Gasteiger partial charge on any atom is 0.326 e. The van der Waals surface area contributed by atoms with Gasteiger partial charge in [0.2, 0.25) is 5.91 Å². The number of carboxylic acids is 1. The summed E-state index contributed by atoms with van der Waals surface area (Å²) in [7, 11) is 1.73. The summed E-state index contributed by atoms with van der Waals surface area (Å²) in [6.07, 6.45) is -0.611. The Kier molecular flexibility index (Phi) is 4.26. The van der Waals surface area contributed by atoms with E-state index >= 15 is 0 Å². The number of likely N-dealkylation sites (tertiary alicyclic amines) is 1. The lowest BCUT2D eigenvalue weighted by molar-refractivity contribution is -0.149. The summed E-state index contributed by atoms with van der Waals surface area (Å²) >= 11 is 0. The molecule has 0 radical (unpaired) electrons. The van der Waals surface area contributed by atoms with Crippen molar-refractivity contribution in [2.45, 2.75) is 25.5 Å². The van der Waals surface area contributed by atoms with Gasteiger partial charge < -0.3 is 20.4 Å². The number of aliphatic carboxylic acids is 1. The van der Waals surface area contributed by atoms with Crippen LogP contribution in [-0.4, -0.2) is 59.3 Å². The Morgan fingerprint density at radius 3 is 2.69 bits per heavy atom. The summed E-state index contributed by atoms with van der Waals surface area (Å²) in [5.41, 5.74) is 0. The van der Waals surface area contributed by atoms with Crippen molar-refractivity contribution in [3.8, 4) is 0 Å². The monoisotopic (exact) mass is 230 g/mol. The van der Waals surface area contributed by atoms with Gasteiger partial charge in [-0.05, 0) is 7.05 Å². The van der Waals surface area contributed by atoms with E-state index < -0.39 is 18.1 Å². The number of nitrogens with zero attached hydrogens (tertiary/aromatic N) is 1. The van der Waals surface area contributed by atoms with Crippen molar-refractivity contribution in [3.63, 3.8) is 0 Å². The smallest absolute Gasteiger partial charge is 0.326 e. The molecule has 1 saturated heterocycles. The average Bonchev–Trinajstić information content (AvgIpc) is 2.59. The second-order valence-electron chi connectivity index (χ2n) is 4.19. The molecule has 6 heteroatoms. The number of nitrogens with one attached hydrogen (secondary N) is 1. The molecule has 1 aliphatic heterocycles. The summed E-state index contributed by atoms with van der Waals surface area (Å²) in [6.45, 7) is 2.35. The zero-order chi connectivity index (χ0) is 12.3. The first-order chi connectivity index (χ1) is 7.47. The van der Waals surface area contributed by atoms with E-state index in [0.29, 0.717) is 6.54 Å². The highest BCUT2D eigenvalue weighted by Gasteiger charge is 2.39. The molecule has 1 rings (SSSR count).